The van der Waals surface area contributed by atoms with Crippen LogP contribution in [0.4, 0.5) is 16.3 Å². The number of aromatic nitrogens is 2. The third-order valence-electron chi connectivity index (χ3n) is 3.81. The molecule has 0 saturated carbocycles. The van der Waals surface area contributed by atoms with Crippen molar-refractivity contribution in [1.82, 2.24) is 15.3 Å². The smallest absolute Gasteiger partial charge is 0.319 e. The molecule has 126 valence electrons. The fourth-order valence-corrected chi connectivity index (χ4v) is 3.03. The first-order valence-corrected chi connectivity index (χ1v) is 8.41. The second-order valence-corrected chi connectivity index (χ2v) is 6.42. The molecule has 24 heavy (non-hydrogen) atoms. The summed E-state index contributed by atoms with van der Waals surface area (Å²) in [5, 5.41) is 6.67. The Hall–Kier alpha value is -2.05. The van der Waals surface area contributed by atoms with Crippen LogP contribution in [-0.2, 0) is 0 Å². The van der Waals surface area contributed by atoms with Crippen LogP contribution >= 0.6 is 23.2 Å². The fraction of sp³-hybridized carbons (Fsp3) is 0.312. The van der Waals surface area contributed by atoms with E-state index in [9.17, 15) is 4.79 Å². The number of nitrogens with one attached hydrogen (secondary N) is 2. The van der Waals surface area contributed by atoms with Gasteiger partial charge in [-0.3, -0.25) is 4.98 Å². The summed E-state index contributed by atoms with van der Waals surface area (Å²) in [4.78, 5) is 22.7. The number of halogens is 2. The zero-order chi connectivity index (χ0) is 16.9. The number of carbonyl (C=O) groups is 1. The quantitative estimate of drug-likeness (QED) is 0.871. The first-order valence-electron chi connectivity index (χ1n) is 7.65. The number of piperidine rings is 1. The molecule has 2 N–H and O–H groups in total. The molecule has 0 spiro atoms. The summed E-state index contributed by atoms with van der Waals surface area (Å²) in [6, 6.07) is 4.67. The van der Waals surface area contributed by atoms with E-state index in [0.29, 0.717) is 22.3 Å². The minimum atomic E-state index is -0.301. The first kappa shape index (κ1) is 16.8. The van der Waals surface area contributed by atoms with Crippen LogP contribution in [-0.4, -0.2) is 35.1 Å². The lowest BCUT2D eigenvalue weighted by Gasteiger charge is -2.33. The van der Waals surface area contributed by atoms with Crippen LogP contribution in [0.5, 0.6) is 0 Å². The average molecular weight is 366 g/mol. The van der Waals surface area contributed by atoms with E-state index < -0.39 is 0 Å². The number of hydrogen-bond donors (Lipinski definition) is 2. The van der Waals surface area contributed by atoms with Crippen molar-refractivity contribution in [3.05, 3.63) is 46.8 Å². The van der Waals surface area contributed by atoms with E-state index in [1.807, 2.05) is 0 Å². The van der Waals surface area contributed by atoms with Gasteiger partial charge < -0.3 is 15.5 Å². The Labute approximate surface area is 150 Å². The fourth-order valence-electron chi connectivity index (χ4n) is 2.69. The number of urea groups is 1. The van der Waals surface area contributed by atoms with E-state index >= 15 is 0 Å². The molecule has 1 aliphatic heterocycles. The number of carbonyl (C=O) groups excluding carboxylic acids is 1. The average Bonchev–Trinajstić information content (AvgIpc) is 2.59. The molecule has 0 aliphatic carbocycles. The van der Waals surface area contributed by atoms with Gasteiger partial charge >= 0.3 is 6.03 Å². The largest absolute Gasteiger partial charge is 0.353 e. The normalized spacial score (nSPS) is 17.4. The Morgan fingerprint density at radius 3 is 2.96 bits per heavy atom. The van der Waals surface area contributed by atoms with Gasteiger partial charge in [0, 0.05) is 36.5 Å². The summed E-state index contributed by atoms with van der Waals surface area (Å²) < 4.78 is 0. The standard InChI is InChI=1S/C16H17Cl2N5O/c17-11-3-4-13(18)14(8-11)22-16(24)21-12-2-1-7-23(10-12)15-9-19-5-6-20-15/h3-6,8-9,12H,1-2,7,10H2,(H2,21,22,24)/t12-/m1/s1. The highest BCUT2D eigenvalue weighted by Crippen LogP contribution is 2.25. The van der Waals surface area contributed by atoms with Gasteiger partial charge in [0.1, 0.15) is 5.82 Å². The van der Waals surface area contributed by atoms with Gasteiger partial charge in [-0.25, -0.2) is 9.78 Å². The highest BCUT2D eigenvalue weighted by Gasteiger charge is 2.22. The second-order valence-electron chi connectivity index (χ2n) is 5.57. The maximum atomic E-state index is 12.2. The molecule has 1 atom stereocenters. The Kier molecular flexibility index (Phi) is 5.37. The van der Waals surface area contributed by atoms with E-state index in [-0.39, 0.29) is 12.1 Å². The first-order chi connectivity index (χ1) is 11.6. The lowest BCUT2D eigenvalue weighted by molar-refractivity contribution is 0.246. The summed E-state index contributed by atoms with van der Waals surface area (Å²) in [7, 11) is 0. The lowest BCUT2D eigenvalue weighted by Crippen LogP contribution is -2.49. The summed E-state index contributed by atoms with van der Waals surface area (Å²) in [6.07, 6.45) is 6.92. The molecular weight excluding hydrogens is 349 g/mol. The maximum Gasteiger partial charge on any atom is 0.319 e. The van der Waals surface area contributed by atoms with Gasteiger partial charge in [-0.2, -0.15) is 0 Å². The minimum absolute atomic E-state index is 0.0266. The molecule has 0 radical (unpaired) electrons. The molecule has 2 heterocycles. The lowest BCUT2D eigenvalue weighted by atomic mass is 10.1. The zero-order valence-electron chi connectivity index (χ0n) is 12.9. The summed E-state index contributed by atoms with van der Waals surface area (Å²) in [5.74, 6) is 0.822. The number of nitrogens with zero attached hydrogens (tertiary/aromatic N) is 3. The van der Waals surface area contributed by atoms with Crippen LogP contribution in [0.25, 0.3) is 0 Å². The number of amides is 2. The van der Waals surface area contributed by atoms with Gasteiger partial charge in [0.05, 0.1) is 16.9 Å². The van der Waals surface area contributed by atoms with Crippen LogP contribution in [0.3, 0.4) is 0 Å². The van der Waals surface area contributed by atoms with E-state index in [1.54, 1.807) is 36.8 Å². The van der Waals surface area contributed by atoms with Crippen molar-refractivity contribution in [3.8, 4) is 0 Å². The van der Waals surface area contributed by atoms with E-state index in [2.05, 4.69) is 25.5 Å². The third-order valence-corrected chi connectivity index (χ3v) is 4.37. The van der Waals surface area contributed by atoms with Crippen molar-refractivity contribution in [2.45, 2.75) is 18.9 Å². The summed E-state index contributed by atoms with van der Waals surface area (Å²) in [5.41, 5.74) is 0.489. The van der Waals surface area contributed by atoms with E-state index in [1.165, 1.54) is 0 Å². The highest BCUT2D eigenvalue weighted by atomic mass is 35.5. The molecule has 1 aromatic heterocycles. The van der Waals surface area contributed by atoms with Crippen LogP contribution in [0, 0.1) is 0 Å². The van der Waals surface area contributed by atoms with Gasteiger partial charge in [0.15, 0.2) is 0 Å². The number of anilines is 2. The highest BCUT2D eigenvalue weighted by molar-refractivity contribution is 6.35. The monoisotopic (exact) mass is 365 g/mol. The van der Waals surface area contributed by atoms with Gasteiger partial charge in [-0.1, -0.05) is 23.2 Å². The molecule has 0 bridgehead atoms. The molecular formula is C16H17Cl2N5O. The van der Waals surface area contributed by atoms with Gasteiger partial charge in [-0.05, 0) is 31.0 Å². The number of benzene rings is 1. The number of rotatable bonds is 3. The van der Waals surface area contributed by atoms with Gasteiger partial charge in [-0.15, -0.1) is 0 Å². The number of hydrogen-bond acceptors (Lipinski definition) is 4. The third kappa shape index (κ3) is 4.27. The van der Waals surface area contributed by atoms with Crippen molar-refractivity contribution in [2.24, 2.45) is 0 Å². The van der Waals surface area contributed by atoms with Crippen molar-refractivity contribution in [1.29, 1.82) is 0 Å². The van der Waals surface area contributed by atoms with E-state index in [4.69, 9.17) is 23.2 Å². The van der Waals surface area contributed by atoms with Crippen molar-refractivity contribution in [2.75, 3.05) is 23.3 Å². The molecule has 1 aromatic carbocycles. The van der Waals surface area contributed by atoms with Gasteiger partial charge in [0.2, 0.25) is 0 Å². The molecule has 1 fully saturated rings. The van der Waals surface area contributed by atoms with Crippen molar-refractivity contribution < 1.29 is 4.79 Å². The molecule has 8 heteroatoms. The Morgan fingerprint density at radius 1 is 1.29 bits per heavy atom. The molecule has 0 unspecified atom stereocenters. The minimum Gasteiger partial charge on any atom is -0.353 e. The van der Waals surface area contributed by atoms with Crippen molar-refractivity contribution >= 4 is 40.7 Å². The molecule has 3 rings (SSSR count). The Balaban J connectivity index is 1.59. The molecule has 2 aromatic rings. The Morgan fingerprint density at radius 2 is 2.17 bits per heavy atom. The van der Waals surface area contributed by atoms with Crippen LogP contribution < -0.4 is 15.5 Å². The van der Waals surface area contributed by atoms with Crippen LogP contribution in [0.15, 0.2) is 36.8 Å². The molecule has 1 aliphatic rings. The zero-order valence-corrected chi connectivity index (χ0v) is 14.4. The van der Waals surface area contributed by atoms with Crippen LogP contribution in [0.1, 0.15) is 12.8 Å². The van der Waals surface area contributed by atoms with Crippen molar-refractivity contribution in [3.63, 3.8) is 0 Å². The topological polar surface area (TPSA) is 70.2 Å². The SMILES string of the molecule is O=C(Nc1cc(Cl)ccc1Cl)N[C@@H]1CCCN(c2cnccn2)C1. The van der Waals surface area contributed by atoms with Gasteiger partial charge in [0.25, 0.3) is 0 Å². The second kappa shape index (κ2) is 7.68. The molecule has 2 amide bonds. The Bertz CT molecular complexity index is 713. The predicted octanol–water partition coefficient (Wildman–Crippen LogP) is 3.57. The molecule has 1 saturated heterocycles. The summed E-state index contributed by atoms with van der Waals surface area (Å²) >= 11 is 12.0. The predicted molar refractivity (Wildman–Crippen MR) is 95.9 cm³/mol. The molecule has 6 nitrogen and oxygen atoms in total. The maximum absolute atomic E-state index is 12.2. The van der Waals surface area contributed by atoms with E-state index in [0.717, 1.165) is 25.2 Å². The van der Waals surface area contributed by atoms with Crippen LogP contribution in [0.2, 0.25) is 10.0 Å². The summed E-state index contributed by atoms with van der Waals surface area (Å²) in [6.45, 7) is 1.59.